The molecule has 0 radical (unpaired) electrons. The van der Waals surface area contributed by atoms with Gasteiger partial charge in [-0.1, -0.05) is 61.7 Å². The molecule has 0 aliphatic rings. The summed E-state index contributed by atoms with van der Waals surface area (Å²) in [7, 11) is 3.23. The van der Waals surface area contributed by atoms with Crippen LogP contribution in [0.3, 0.4) is 0 Å². The van der Waals surface area contributed by atoms with Gasteiger partial charge in [0.15, 0.2) is 11.6 Å². The van der Waals surface area contributed by atoms with Crippen molar-refractivity contribution in [2.75, 3.05) is 19.5 Å². The van der Waals surface area contributed by atoms with E-state index < -0.39 is 0 Å². The molecule has 0 aliphatic carbocycles. The summed E-state index contributed by atoms with van der Waals surface area (Å²) in [6, 6.07) is 19.0. The Morgan fingerprint density at radius 2 is 1.33 bits per heavy atom. The van der Waals surface area contributed by atoms with E-state index in [0.29, 0.717) is 40.7 Å². The lowest BCUT2D eigenvalue weighted by Gasteiger charge is -2.14. The first-order valence-corrected chi connectivity index (χ1v) is 11.9. The number of rotatable bonds is 7. The maximum Gasteiger partial charge on any atom is 0.227 e. The van der Waals surface area contributed by atoms with Crippen LogP contribution < -0.4 is 14.8 Å². The van der Waals surface area contributed by atoms with E-state index >= 15 is 0 Å². The Kier molecular flexibility index (Phi) is 7.47. The van der Waals surface area contributed by atoms with E-state index in [9.17, 15) is 0 Å². The quantitative estimate of drug-likeness (QED) is 0.250. The SMILES string of the molecule is COc1ccc(Br)cc1-c1nc(NCc2ccccc2Cl)nc(-c2cc(Br)ccc2OC)n1. The van der Waals surface area contributed by atoms with Gasteiger partial charge in [-0.15, -0.1) is 0 Å². The van der Waals surface area contributed by atoms with Crippen LogP contribution >= 0.6 is 43.5 Å². The molecule has 0 amide bonds. The Balaban J connectivity index is 1.84. The third-order valence-electron chi connectivity index (χ3n) is 4.84. The van der Waals surface area contributed by atoms with Crippen LogP contribution in [0.1, 0.15) is 5.56 Å². The molecule has 6 nitrogen and oxygen atoms in total. The van der Waals surface area contributed by atoms with Crippen LogP contribution in [0.4, 0.5) is 5.95 Å². The molecule has 0 saturated heterocycles. The van der Waals surface area contributed by atoms with E-state index in [1.54, 1.807) is 14.2 Å². The summed E-state index contributed by atoms with van der Waals surface area (Å²) >= 11 is 13.4. The Morgan fingerprint density at radius 1 is 0.788 bits per heavy atom. The summed E-state index contributed by atoms with van der Waals surface area (Å²) < 4.78 is 12.9. The van der Waals surface area contributed by atoms with Crippen molar-refractivity contribution in [3.63, 3.8) is 0 Å². The van der Waals surface area contributed by atoms with E-state index in [1.807, 2.05) is 60.7 Å². The Bertz CT molecular complexity index is 1230. The fourth-order valence-corrected chi connectivity index (χ4v) is 4.15. The molecule has 0 unspecified atom stereocenters. The highest BCUT2D eigenvalue weighted by Crippen LogP contribution is 2.35. The predicted molar refractivity (Wildman–Crippen MR) is 138 cm³/mol. The second kappa shape index (κ2) is 10.5. The van der Waals surface area contributed by atoms with E-state index in [2.05, 4.69) is 47.1 Å². The van der Waals surface area contributed by atoms with Gasteiger partial charge >= 0.3 is 0 Å². The molecule has 0 atom stereocenters. The molecule has 168 valence electrons. The third-order valence-corrected chi connectivity index (χ3v) is 6.19. The first-order valence-electron chi connectivity index (χ1n) is 9.89. The summed E-state index contributed by atoms with van der Waals surface area (Å²) in [6.45, 7) is 0.452. The number of benzene rings is 3. The minimum atomic E-state index is 0.402. The van der Waals surface area contributed by atoms with Crippen molar-refractivity contribution in [1.82, 2.24) is 15.0 Å². The standard InChI is InChI=1S/C24H19Br2ClN4O2/c1-32-20-9-7-15(25)11-17(20)22-29-23(18-12-16(26)8-10-21(18)33-2)31-24(30-22)28-13-14-5-3-4-6-19(14)27/h3-12H,13H2,1-2H3,(H,28,29,30,31). The zero-order chi connectivity index (χ0) is 23.4. The van der Waals surface area contributed by atoms with Crippen LogP contribution in [0.5, 0.6) is 11.5 Å². The van der Waals surface area contributed by atoms with E-state index in [-0.39, 0.29) is 0 Å². The molecule has 1 N–H and O–H groups in total. The number of hydrogen-bond donors (Lipinski definition) is 1. The number of nitrogens with zero attached hydrogens (tertiary/aromatic N) is 3. The zero-order valence-corrected chi connectivity index (χ0v) is 21.7. The second-order valence-corrected chi connectivity index (χ2v) is 9.18. The van der Waals surface area contributed by atoms with Gasteiger partial charge in [0.25, 0.3) is 0 Å². The number of methoxy groups -OCH3 is 2. The van der Waals surface area contributed by atoms with Crippen LogP contribution in [-0.4, -0.2) is 29.2 Å². The van der Waals surface area contributed by atoms with Crippen molar-refractivity contribution in [2.45, 2.75) is 6.54 Å². The van der Waals surface area contributed by atoms with Crippen LogP contribution in [0.2, 0.25) is 5.02 Å². The Morgan fingerprint density at radius 3 is 1.85 bits per heavy atom. The predicted octanol–water partition coefficient (Wildman–Crippen LogP) is 7.01. The minimum Gasteiger partial charge on any atom is -0.496 e. The summed E-state index contributed by atoms with van der Waals surface area (Å²) in [6.07, 6.45) is 0. The van der Waals surface area contributed by atoms with E-state index in [4.69, 9.17) is 26.1 Å². The maximum atomic E-state index is 6.32. The number of halogens is 3. The Hall–Kier alpha value is -2.68. The van der Waals surface area contributed by atoms with Gasteiger partial charge in [-0.25, -0.2) is 4.98 Å². The molecule has 4 rings (SSSR count). The number of anilines is 1. The lowest BCUT2D eigenvalue weighted by Crippen LogP contribution is -2.08. The van der Waals surface area contributed by atoms with Crippen LogP contribution in [0, 0.1) is 0 Å². The highest BCUT2D eigenvalue weighted by molar-refractivity contribution is 9.10. The lowest BCUT2D eigenvalue weighted by atomic mass is 10.1. The molecular weight excluding hydrogens is 572 g/mol. The van der Waals surface area contributed by atoms with Crippen molar-refractivity contribution < 1.29 is 9.47 Å². The van der Waals surface area contributed by atoms with Gasteiger partial charge in [-0.2, -0.15) is 9.97 Å². The van der Waals surface area contributed by atoms with Gasteiger partial charge in [0.2, 0.25) is 5.95 Å². The molecule has 0 aliphatic heterocycles. The summed E-state index contributed by atoms with van der Waals surface area (Å²) in [5, 5.41) is 3.94. The highest BCUT2D eigenvalue weighted by Gasteiger charge is 2.17. The van der Waals surface area contributed by atoms with Crippen molar-refractivity contribution >= 4 is 49.4 Å². The fraction of sp³-hybridized carbons (Fsp3) is 0.125. The molecule has 0 saturated carbocycles. The number of ether oxygens (including phenoxy) is 2. The molecule has 9 heteroatoms. The molecular formula is C24H19Br2ClN4O2. The molecule has 1 heterocycles. The van der Waals surface area contributed by atoms with Gasteiger partial charge in [-0.05, 0) is 48.0 Å². The summed E-state index contributed by atoms with van der Waals surface area (Å²) in [4.78, 5) is 14.1. The van der Waals surface area contributed by atoms with Crippen molar-refractivity contribution in [3.05, 3.63) is 80.2 Å². The topological polar surface area (TPSA) is 69.2 Å². The largest absolute Gasteiger partial charge is 0.496 e. The average molecular weight is 591 g/mol. The molecule has 4 aromatic rings. The normalized spacial score (nSPS) is 10.7. The molecule has 3 aromatic carbocycles. The first kappa shape index (κ1) is 23.5. The van der Waals surface area contributed by atoms with Crippen molar-refractivity contribution in [3.8, 4) is 34.3 Å². The van der Waals surface area contributed by atoms with Gasteiger partial charge in [0.05, 0.1) is 25.3 Å². The maximum absolute atomic E-state index is 6.32. The second-order valence-electron chi connectivity index (χ2n) is 6.94. The zero-order valence-electron chi connectivity index (χ0n) is 17.8. The monoisotopic (exact) mass is 588 g/mol. The minimum absolute atomic E-state index is 0.402. The summed E-state index contributed by atoms with van der Waals surface area (Å²) in [5.41, 5.74) is 2.39. The van der Waals surface area contributed by atoms with Gasteiger partial charge in [-0.3, -0.25) is 0 Å². The van der Waals surface area contributed by atoms with Gasteiger partial charge in [0.1, 0.15) is 11.5 Å². The lowest BCUT2D eigenvalue weighted by molar-refractivity contribution is 0.415. The van der Waals surface area contributed by atoms with E-state index in [0.717, 1.165) is 25.6 Å². The number of hydrogen-bond acceptors (Lipinski definition) is 6. The first-order chi connectivity index (χ1) is 16.0. The van der Waals surface area contributed by atoms with Crippen LogP contribution in [-0.2, 0) is 6.54 Å². The van der Waals surface area contributed by atoms with Crippen molar-refractivity contribution in [1.29, 1.82) is 0 Å². The van der Waals surface area contributed by atoms with Crippen LogP contribution in [0.15, 0.2) is 69.6 Å². The van der Waals surface area contributed by atoms with Crippen LogP contribution in [0.25, 0.3) is 22.8 Å². The summed E-state index contributed by atoms with van der Waals surface area (Å²) in [5.74, 6) is 2.62. The molecule has 33 heavy (non-hydrogen) atoms. The Labute approximate surface area is 213 Å². The van der Waals surface area contributed by atoms with Gasteiger partial charge in [0, 0.05) is 20.5 Å². The smallest absolute Gasteiger partial charge is 0.227 e. The molecule has 0 bridgehead atoms. The molecule has 0 fully saturated rings. The molecule has 1 aromatic heterocycles. The fourth-order valence-electron chi connectivity index (χ4n) is 3.22. The van der Waals surface area contributed by atoms with Gasteiger partial charge < -0.3 is 14.8 Å². The third kappa shape index (κ3) is 5.46. The van der Waals surface area contributed by atoms with Crippen molar-refractivity contribution in [2.24, 2.45) is 0 Å². The van der Waals surface area contributed by atoms with E-state index in [1.165, 1.54) is 0 Å². The molecule has 0 spiro atoms. The number of nitrogens with one attached hydrogen (secondary N) is 1. The average Bonchev–Trinajstić information content (AvgIpc) is 2.83. The highest BCUT2D eigenvalue weighted by atomic mass is 79.9. The number of aromatic nitrogens is 3.